The average molecular weight is 473 g/mol. The van der Waals surface area contributed by atoms with Crippen LogP contribution < -0.4 is 10.1 Å². The predicted molar refractivity (Wildman–Crippen MR) is 124 cm³/mol. The van der Waals surface area contributed by atoms with Crippen molar-refractivity contribution in [2.75, 3.05) is 11.9 Å². The molecule has 0 fully saturated rings. The third-order valence-corrected chi connectivity index (χ3v) is 6.38. The molecular weight excluding hydrogens is 448 g/mol. The number of benzene rings is 2. The molecule has 1 heterocycles. The second-order valence-corrected chi connectivity index (χ2v) is 9.48. The molecule has 3 aromatic rings. The SMILES string of the molecule is Cc1ccc(-c2nc(NC(=O)COc3cc(C)c(Br)cc3C(C)C)sc2C)cc1. The minimum atomic E-state index is -0.218. The van der Waals surface area contributed by atoms with Gasteiger partial charge < -0.3 is 4.74 Å². The Hall–Kier alpha value is -2.18. The largest absolute Gasteiger partial charge is 0.483 e. The minimum absolute atomic E-state index is 0.0563. The number of hydrogen-bond donors (Lipinski definition) is 1. The standard InChI is InChI=1S/C23H25BrN2O2S/c1-13(2)18-11-19(24)15(4)10-20(18)28-12-21(27)25-23-26-22(16(5)29-23)17-8-6-14(3)7-9-17/h6-11,13H,12H2,1-5H3,(H,25,26,27). The Morgan fingerprint density at radius 2 is 1.86 bits per heavy atom. The van der Waals surface area contributed by atoms with Crippen molar-refractivity contribution in [1.82, 2.24) is 4.98 Å². The molecule has 0 radical (unpaired) electrons. The maximum atomic E-state index is 12.4. The van der Waals surface area contributed by atoms with Crippen molar-refractivity contribution in [3.63, 3.8) is 0 Å². The summed E-state index contributed by atoms with van der Waals surface area (Å²) >= 11 is 5.03. The molecule has 1 aromatic heterocycles. The summed E-state index contributed by atoms with van der Waals surface area (Å²) in [7, 11) is 0. The topological polar surface area (TPSA) is 51.2 Å². The summed E-state index contributed by atoms with van der Waals surface area (Å²) in [5.41, 5.74) is 5.30. The second kappa shape index (κ2) is 9.09. The summed E-state index contributed by atoms with van der Waals surface area (Å²) < 4.78 is 6.89. The van der Waals surface area contributed by atoms with Gasteiger partial charge in [0, 0.05) is 14.9 Å². The van der Waals surface area contributed by atoms with Gasteiger partial charge in [-0.05, 0) is 49.9 Å². The van der Waals surface area contributed by atoms with E-state index in [2.05, 4.69) is 77.3 Å². The summed E-state index contributed by atoms with van der Waals surface area (Å²) in [4.78, 5) is 18.1. The molecule has 0 saturated carbocycles. The van der Waals surface area contributed by atoms with Crippen LogP contribution in [0.1, 0.15) is 41.3 Å². The highest BCUT2D eigenvalue weighted by Crippen LogP contribution is 2.33. The lowest BCUT2D eigenvalue weighted by Gasteiger charge is -2.15. The molecule has 29 heavy (non-hydrogen) atoms. The number of ether oxygens (including phenoxy) is 1. The van der Waals surface area contributed by atoms with E-state index < -0.39 is 0 Å². The fourth-order valence-electron chi connectivity index (χ4n) is 2.97. The number of carbonyl (C=O) groups excluding carboxylic acids is 1. The fourth-order valence-corrected chi connectivity index (χ4v) is 4.19. The molecule has 0 spiro atoms. The highest BCUT2D eigenvalue weighted by Gasteiger charge is 2.15. The zero-order valence-corrected chi connectivity index (χ0v) is 19.7. The number of aryl methyl sites for hydroxylation is 3. The van der Waals surface area contributed by atoms with E-state index in [1.807, 2.05) is 19.9 Å². The Morgan fingerprint density at radius 1 is 1.17 bits per heavy atom. The van der Waals surface area contributed by atoms with E-state index in [0.717, 1.165) is 37.5 Å². The normalized spacial score (nSPS) is 11.0. The maximum absolute atomic E-state index is 12.4. The zero-order chi connectivity index (χ0) is 21.1. The molecule has 0 atom stereocenters. The van der Waals surface area contributed by atoms with Gasteiger partial charge in [-0.3, -0.25) is 10.1 Å². The smallest absolute Gasteiger partial charge is 0.264 e. The zero-order valence-electron chi connectivity index (χ0n) is 17.3. The first-order valence-corrected chi connectivity index (χ1v) is 11.1. The van der Waals surface area contributed by atoms with Crippen molar-refractivity contribution in [3.8, 4) is 17.0 Å². The Morgan fingerprint density at radius 3 is 2.52 bits per heavy atom. The number of thiazole rings is 1. The van der Waals surface area contributed by atoms with Gasteiger partial charge in [-0.2, -0.15) is 0 Å². The molecule has 6 heteroatoms. The average Bonchev–Trinajstić information content (AvgIpc) is 3.02. The van der Waals surface area contributed by atoms with E-state index in [-0.39, 0.29) is 12.5 Å². The second-order valence-electron chi connectivity index (χ2n) is 7.42. The Labute approximate surface area is 184 Å². The minimum Gasteiger partial charge on any atom is -0.483 e. The van der Waals surface area contributed by atoms with Crippen LogP contribution in [0.2, 0.25) is 0 Å². The van der Waals surface area contributed by atoms with Crippen molar-refractivity contribution in [2.45, 2.75) is 40.5 Å². The van der Waals surface area contributed by atoms with Crippen LogP contribution in [-0.4, -0.2) is 17.5 Å². The van der Waals surface area contributed by atoms with Gasteiger partial charge in [-0.15, -0.1) is 11.3 Å². The molecule has 0 aliphatic rings. The Kier molecular flexibility index (Phi) is 6.75. The number of nitrogens with one attached hydrogen (secondary N) is 1. The number of nitrogens with zero attached hydrogens (tertiary/aromatic N) is 1. The van der Waals surface area contributed by atoms with E-state index in [1.54, 1.807) is 0 Å². The molecule has 0 aliphatic heterocycles. The molecule has 1 N–H and O–H groups in total. The van der Waals surface area contributed by atoms with Crippen molar-refractivity contribution >= 4 is 38.3 Å². The van der Waals surface area contributed by atoms with Crippen LogP contribution in [0.4, 0.5) is 5.13 Å². The number of aromatic nitrogens is 1. The summed E-state index contributed by atoms with van der Waals surface area (Å²) in [6.07, 6.45) is 0. The molecule has 1 amide bonds. The number of rotatable bonds is 6. The van der Waals surface area contributed by atoms with Crippen LogP contribution in [0.25, 0.3) is 11.3 Å². The quantitative estimate of drug-likeness (QED) is 0.437. The monoisotopic (exact) mass is 472 g/mol. The predicted octanol–water partition coefficient (Wildman–Crippen LogP) is 6.64. The first-order chi connectivity index (χ1) is 13.7. The van der Waals surface area contributed by atoms with Gasteiger partial charge in [0.05, 0.1) is 5.69 Å². The molecule has 0 saturated heterocycles. The fraction of sp³-hybridized carbons (Fsp3) is 0.304. The summed E-state index contributed by atoms with van der Waals surface area (Å²) in [5, 5.41) is 3.45. The number of halogens is 1. The highest BCUT2D eigenvalue weighted by molar-refractivity contribution is 9.10. The van der Waals surface area contributed by atoms with Gasteiger partial charge >= 0.3 is 0 Å². The van der Waals surface area contributed by atoms with Gasteiger partial charge in [0.2, 0.25) is 0 Å². The van der Waals surface area contributed by atoms with E-state index in [0.29, 0.717) is 11.0 Å². The molecule has 2 aromatic carbocycles. The number of amides is 1. The number of anilines is 1. The molecule has 0 aliphatic carbocycles. The van der Waals surface area contributed by atoms with Gasteiger partial charge in [-0.25, -0.2) is 4.98 Å². The van der Waals surface area contributed by atoms with E-state index >= 15 is 0 Å². The van der Waals surface area contributed by atoms with E-state index in [1.165, 1.54) is 16.9 Å². The first kappa shape index (κ1) is 21.5. The number of hydrogen-bond acceptors (Lipinski definition) is 4. The van der Waals surface area contributed by atoms with Crippen molar-refractivity contribution in [3.05, 3.63) is 62.4 Å². The van der Waals surface area contributed by atoms with Crippen molar-refractivity contribution in [2.24, 2.45) is 0 Å². The molecular formula is C23H25BrN2O2S. The Balaban J connectivity index is 1.69. The lowest BCUT2D eigenvalue weighted by Crippen LogP contribution is -2.20. The van der Waals surface area contributed by atoms with Gasteiger partial charge in [0.15, 0.2) is 11.7 Å². The van der Waals surface area contributed by atoms with Crippen LogP contribution in [0, 0.1) is 20.8 Å². The van der Waals surface area contributed by atoms with Crippen LogP contribution in [0.5, 0.6) is 5.75 Å². The van der Waals surface area contributed by atoms with Crippen LogP contribution >= 0.6 is 27.3 Å². The van der Waals surface area contributed by atoms with Gasteiger partial charge in [0.25, 0.3) is 5.91 Å². The number of carbonyl (C=O) groups is 1. The van der Waals surface area contributed by atoms with E-state index in [4.69, 9.17) is 4.74 Å². The van der Waals surface area contributed by atoms with Crippen LogP contribution in [-0.2, 0) is 4.79 Å². The lowest BCUT2D eigenvalue weighted by molar-refractivity contribution is -0.118. The van der Waals surface area contributed by atoms with Crippen molar-refractivity contribution in [1.29, 1.82) is 0 Å². The Bertz CT molecular complexity index is 1030. The van der Waals surface area contributed by atoms with E-state index in [9.17, 15) is 4.79 Å². The summed E-state index contributed by atoms with van der Waals surface area (Å²) in [6, 6.07) is 12.3. The van der Waals surface area contributed by atoms with Crippen LogP contribution in [0.15, 0.2) is 40.9 Å². The third-order valence-electron chi connectivity index (χ3n) is 4.64. The third kappa shape index (κ3) is 5.25. The molecule has 3 rings (SSSR count). The van der Waals surface area contributed by atoms with Gasteiger partial charge in [-0.1, -0.05) is 59.6 Å². The molecule has 152 valence electrons. The molecule has 4 nitrogen and oxygen atoms in total. The first-order valence-electron chi connectivity index (χ1n) is 9.51. The summed E-state index contributed by atoms with van der Waals surface area (Å²) in [5.74, 6) is 0.819. The molecule has 0 bridgehead atoms. The highest BCUT2D eigenvalue weighted by atomic mass is 79.9. The maximum Gasteiger partial charge on any atom is 0.264 e. The molecule has 0 unspecified atom stereocenters. The summed E-state index contributed by atoms with van der Waals surface area (Å²) in [6.45, 7) is 10.2. The lowest BCUT2D eigenvalue weighted by atomic mass is 10.0. The van der Waals surface area contributed by atoms with Gasteiger partial charge in [0.1, 0.15) is 5.75 Å². The van der Waals surface area contributed by atoms with Crippen molar-refractivity contribution < 1.29 is 9.53 Å². The van der Waals surface area contributed by atoms with Crippen LogP contribution in [0.3, 0.4) is 0 Å².